The van der Waals surface area contributed by atoms with Crippen LogP contribution in [0.15, 0.2) is 30.9 Å². The van der Waals surface area contributed by atoms with Crippen molar-refractivity contribution in [2.75, 3.05) is 13.6 Å². The van der Waals surface area contributed by atoms with Crippen LogP contribution in [0.25, 0.3) is 5.70 Å². The van der Waals surface area contributed by atoms with Gasteiger partial charge in [-0.15, -0.1) is 0 Å². The van der Waals surface area contributed by atoms with Gasteiger partial charge in [0.15, 0.2) is 0 Å². The summed E-state index contributed by atoms with van der Waals surface area (Å²) in [6.07, 6.45) is 10.4. The maximum atomic E-state index is 4.08. The van der Waals surface area contributed by atoms with E-state index in [0.29, 0.717) is 0 Å². The van der Waals surface area contributed by atoms with Crippen LogP contribution in [0, 0.1) is 0 Å². The molecule has 1 aromatic heterocycles. The first kappa shape index (κ1) is 10.7. The van der Waals surface area contributed by atoms with Crippen LogP contribution in [0.3, 0.4) is 0 Å². The molecule has 1 heterocycles. The van der Waals surface area contributed by atoms with Gasteiger partial charge < -0.3 is 5.32 Å². The third-order valence-electron chi connectivity index (χ3n) is 1.71. The number of aromatic nitrogens is 3. The van der Waals surface area contributed by atoms with E-state index in [2.05, 4.69) is 34.5 Å². The summed E-state index contributed by atoms with van der Waals surface area (Å²) in [6.45, 7) is 2.96. The van der Waals surface area contributed by atoms with Crippen molar-refractivity contribution in [1.82, 2.24) is 20.1 Å². The molecule has 4 nitrogen and oxygen atoms in total. The van der Waals surface area contributed by atoms with E-state index >= 15 is 0 Å². The van der Waals surface area contributed by atoms with E-state index in [1.807, 2.05) is 13.1 Å². The molecule has 1 rings (SSSR count). The van der Waals surface area contributed by atoms with Gasteiger partial charge in [0.25, 0.3) is 0 Å². The molecule has 0 bridgehead atoms. The van der Waals surface area contributed by atoms with Gasteiger partial charge >= 0.3 is 0 Å². The van der Waals surface area contributed by atoms with Gasteiger partial charge in [0.1, 0.15) is 12.7 Å². The lowest BCUT2D eigenvalue weighted by molar-refractivity contribution is 0.894. The minimum Gasteiger partial charge on any atom is -0.316 e. The first-order valence-electron chi connectivity index (χ1n) is 4.74. The fraction of sp³-hybridized carbons (Fsp3) is 0.400. The summed E-state index contributed by atoms with van der Waals surface area (Å²) in [6, 6.07) is 0. The molecule has 0 spiro atoms. The van der Waals surface area contributed by atoms with Crippen molar-refractivity contribution in [2.24, 2.45) is 0 Å². The van der Waals surface area contributed by atoms with Crippen LogP contribution in [0.2, 0.25) is 0 Å². The van der Waals surface area contributed by atoms with Crippen molar-refractivity contribution >= 4 is 5.70 Å². The normalized spacial score (nSPS) is 12.6. The van der Waals surface area contributed by atoms with Crippen molar-refractivity contribution in [3.05, 3.63) is 30.9 Å². The fourth-order valence-electron chi connectivity index (χ4n) is 1.09. The Morgan fingerprint density at radius 2 is 2.43 bits per heavy atom. The first-order valence-corrected chi connectivity index (χ1v) is 4.74. The van der Waals surface area contributed by atoms with Crippen LogP contribution in [0.4, 0.5) is 0 Å². The SMILES string of the molecule is CC/C=C(\C=C/CNC)n1cncn1. The maximum Gasteiger partial charge on any atom is 0.138 e. The van der Waals surface area contributed by atoms with Crippen molar-refractivity contribution in [2.45, 2.75) is 13.3 Å². The Hall–Kier alpha value is -1.42. The fourth-order valence-corrected chi connectivity index (χ4v) is 1.09. The summed E-state index contributed by atoms with van der Waals surface area (Å²) in [5.74, 6) is 0. The van der Waals surface area contributed by atoms with Crippen molar-refractivity contribution in [3.8, 4) is 0 Å². The van der Waals surface area contributed by atoms with E-state index in [1.165, 1.54) is 6.33 Å². The van der Waals surface area contributed by atoms with Gasteiger partial charge in [-0.3, -0.25) is 0 Å². The van der Waals surface area contributed by atoms with Crippen molar-refractivity contribution in [1.29, 1.82) is 0 Å². The summed E-state index contributed by atoms with van der Waals surface area (Å²) >= 11 is 0. The topological polar surface area (TPSA) is 42.7 Å². The molecule has 0 saturated heterocycles. The second-order valence-electron chi connectivity index (χ2n) is 2.84. The molecule has 4 heteroatoms. The molecule has 0 amide bonds. The quantitative estimate of drug-likeness (QED) is 0.715. The molecule has 0 atom stereocenters. The Labute approximate surface area is 84.3 Å². The predicted octanol–water partition coefficient (Wildman–Crippen LogP) is 1.30. The van der Waals surface area contributed by atoms with Gasteiger partial charge in [0.2, 0.25) is 0 Å². The van der Waals surface area contributed by atoms with E-state index in [1.54, 1.807) is 11.0 Å². The molecular weight excluding hydrogens is 176 g/mol. The number of hydrogen-bond acceptors (Lipinski definition) is 3. The van der Waals surface area contributed by atoms with Crippen LogP contribution >= 0.6 is 0 Å². The van der Waals surface area contributed by atoms with Gasteiger partial charge in [-0.05, 0) is 19.5 Å². The number of hydrogen-bond donors (Lipinski definition) is 1. The number of allylic oxidation sites excluding steroid dienone is 3. The van der Waals surface area contributed by atoms with Gasteiger partial charge in [0.05, 0.1) is 5.70 Å². The minimum atomic E-state index is 0.857. The standard InChI is InChI=1S/C10H16N4/c1-3-5-10(6-4-7-11-2)14-9-12-8-13-14/h4-6,8-9,11H,3,7H2,1-2H3/b6-4-,10-5+. The summed E-state index contributed by atoms with van der Waals surface area (Å²) in [5, 5.41) is 7.13. The second kappa shape index (κ2) is 6.10. The molecule has 1 N–H and O–H groups in total. The molecule has 1 aromatic rings. The number of likely N-dealkylation sites (N-methyl/N-ethyl adjacent to an activating group) is 1. The third-order valence-corrected chi connectivity index (χ3v) is 1.71. The average Bonchev–Trinajstić information content (AvgIpc) is 2.70. The highest BCUT2D eigenvalue weighted by atomic mass is 15.3. The van der Waals surface area contributed by atoms with Crippen LogP contribution in [-0.2, 0) is 0 Å². The zero-order chi connectivity index (χ0) is 10.2. The molecular formula is C10H16N4. The van der Waals surface area contributed by atoms with E-state index in [0.717, 1.165) is 18.7 Å². The van der Waals surface area contributed by atoms with E-state index in [-0.39, 0.29) is 0 Å². The van der Waals surface area contributed by atoms with Crippen LogP contribution < -0.4 is 5.32 Å². The Balaban J connectivity index is 2.71. The maximum absolute atomic E-state index is 4.08. The van der Waals surface area contributed by atoms with Crippen LogP contribution in [-0.4, -0.2) is 28.4 Å². The zero-order valence-corrected chi connectivity index (χ0v) is 8.64. The minimum absolute atomic E-state index is 0.857. The van der Waals surface area contributed by atoms with Crippen molar-refractivity contribution in [3.63, 3.8) is 0 Å². The lowest BCUT2D eigenvalue weighted by Crippen LogP contribution is -2.04. The molecule has 0 aromatic carbocycles. The Bertz CT molecular complexity index is 298. The molecule has 0 aliphatic heterocycles. The molecule has 0 fully saturated rings. The molecule has 0 radical (unpaired) electrons. The first-order chi connectivity index (χ1) is 6.88. The van der Waals surface area contributed by atoms with Crippen LogP contribution in [0.5, 0.6) is 0 Å². The summed E-state index contributed by atoms with van der Waals surface area (Å²) in [5.41, 5.74) is 1.06. The zero-order valence-electron chi connectivity index (χ0n) is 8.64. The van der Waals surface area contributed by atoms with Gasteiger partial charge in [-0.1, -0.05) is 19.1 Å². The summed E-state index contributed by atoms with van der Waals surface area (Å²) in [4.78, 5) is 3.92. The number of nitrogens with zero attached hydrogens (tertiary/aromatic N) is 3. The van der Waals surface area contributed by atoms with Gasteiger partial charge in [0, 0.05) is 6.54 Å². The molecule has 0 unspecified atom stereocenters. The highest BCUT2D eigenvalue weighted by Crippen LogP contribution is 2.04. The number of nitrogens with one attached hydrogen (secondary N) is 1. The van der Waals surface area contributed by atoms with Gasteiger partial charge in [-0.2, -0.15) is 5.10 Å². The largest absolute Gasteiger partial charge is 0.316 e. The lowest BCUT2D eigenvalue weighted by Gasteiger charge is -2.00. The smallest absolute Gasteiger partial charge is 0.138 e. The monoisotopic (exact) mass is 192 g/mol. The molecule has 14 heavy (non-hydrogen) atoms. The third kappa shape index (κ3) is 3.14. The van der Waals surface area contributed by atoms with Crippen LogP contribution in [0.1, 0.15) is 13.3 Å². The average molecular weight is 192 g/mol. The lowest BCUT2D eigenvalue weighted by atomic mass is 10.3. The van der Waals surface area contributed by atoms with E-state index in [9.17, 15) is 0 Å². The van der Waals surface area contributed by atoms with Gasteiger partial charge in [-0.25, -0.2) is 9.67 Å². The number of rotatable bonds is 5. The van der Waals surface area contributed by atoms with E-state index < -0.39 is 0 Å². The van der Waals surface area contributed by atoms with Crippen molar-refractivity contribution < 1.29 is 0 Å². The second-order valence-corrected chi connectivity index (χ2v) is 2.84. The highest BCUT2D eigenvalue weighted by Gasteiger charge is 1.94. The summed E-state index contributed by atoms with van der Waals surface area (Å²) < 4.78 is 1.76. The molecule has 0 aliphatic carbocycles. The highest BCUT2D eigenvalue weighted by molar-refractivity contribution is 5.55. The molecule has 0 aliphatic rings. The Morgan fingerprint density at radius 1 is 1.57 bits per heavy atom. The molecule has 76 valence electrons. The predicted molar refractivity (Wildman–Crippen MR) is 57.7 cm³/mol. The molecule has 0 saturated carbocycles. The Morgan fingerprint density at radius 3 is 3.00 bits per heavy atom. The van der Waals surface area contributed by atoms with E-state index in [4.69, 9.17) is 0 Å². The Kier molecular flexibility index (Phi) is 4.64. The summed E-state index contributed by atoms with van der Waals surface area (Å²) in [7, 11) is 1.92.